The Kier molecular flexibility index (Phi) is 3.50. The SMILES string of the molecule is COC1CCCC(Nc2ncccn2)C1. The first-order chi connectivity index (χ1) is 7.38. The lowest BCUT2D eigenvalue weighted by Gasteiger charge is -2.28. The summed E-state index contributed by atoms with van der Waals surface area (Å²) >= 11 is 0. The highest BCUT2D eigenvalue weighted by atomic mass is 16.5. The van der Waals surface area contributed by atoms with Gasteiger partial charge < -0.3 is 10.1 Å². The minimum absolute atomic E-state index is 0.389. The number of hydrogen-bond donors (Lipinski definition) is 1. The fourth-order valence-electron chi connectivity index (χ4n) is 2.05. The third kappa shape index (κ3) is 2.89. The van der Waals surface area contributed by atoms with Crippen LogP contribution in [-0.2, 0) is 4.74 Å². The number of aromatic nitrogens is 2. The predicted octanol–water partition coefficient (Wildman–Crippen LogP) is 1.85. The Morgan fingerprint density at radius 2 is 2.13 bits per heavy atom. The molecule has 4 heteroatoms. The van der Waals surface area contributed by atoms with Gasteiger partial charge in [-0.25, -0.2) is 9.97 Å². The Labute approximate surface area is 90.1 Å². The van der Waals surface area contributed by atoms with Gasteiger partial charge in [-0.1, -0.05) is 0 Å². The molecule has 4 nitrogen and oxygen atoms in total. The van der Waals surface area contributed by atoms with Crippen LogP contribution in [0.5, 0.6) is 0 Å². The Morgan fingerprint density at radius 1 is 1.33 bits per heavy atom. The molecule has 0 aliphatic heterocycles. The maximum Gasteiger partial charge on any atom is 0.222 e. The van der Waals surface area contributed by atoms with Gasteiger partial charge in [0.1, 0.15) is 0 Å². The molecule has 1 saturated carbocycles. The predicted molar refractivity (Wildman–Crippen MR) is 58.7 cm³/mol. The number of hydrogen-bond acceptors (Lipinski definition) is 4. The fraction of sp³-hybridized carbons (Fsp3) is 0.636. The molecule has 0 amide bonds. The molecule has 1 N–H and O–H groups in total. The summed E-state index contributed by atoms with van der Waals surface area (Å²) in [6.07, 6.45) is 8.51. The maximum absolute atomic E-state index is 5.38. The molecular formula is C11H17N3O. The van der Waals surface area contributed by atoms with E-state index in [0.717, 1.165) is 12.4 Å². The minimum atomic E-state index is 0.389. The van der Waals surface area contributed by atoms with Crippen molar-refractivity contribution in [2.75, 3.05) is 12.4 Å². The number of nitrogens with one attached hydrogen (secondary N) is 1. The smallest absolute Gasteiger partial charge is 0.222 e. The molecule has 1 aromatic heterocycles. The van der Waals surface area contributed by atoms with E-state index >= 15 is 0 Å². The normalized spacial score (nSPS) is 26.2. The quantitative estimate of drug-likeness (QED) is 0.821. The van der Waals surface area contributed by atoms with E-state index in [-0.39, 0.29) is 0 Å². The summed E-state index contributed by atoms with van der Waals surface area (Å²) in [5, 5.41) is 3.34. The molecule has 2 atom stereocenters. The van der Waals surface area contributed by atoms with Crippen molar-refractivity contribution in [3.05, 3.63) is 18.5 Å². The summed E-state index contributed by atoms with van der Waals surface area (Å²) in [4.78, 5) is 8.32. The molecule has 0 saturated heterocycles. The van der Waals surface area contributed by atoms with Gasteiger partial charge in [-0.05, 0) is 31.7 Å². The van der Waals surface area contributed by atoms with Gasteiger partial charge in [0.2, 0.25) is 5.95 Å². The van der Waals surface area contributed by atoms with E-state index in [9.17, 15) is 0 Å². The summed E-state index contributed by atoms with van der Waals surface area (Å²) < 4.78 is 5.38. The highest BCUT2D eigenvalue weighted by Gasteiger charge is 2.21. The molecule has 82 valence electrons. The van der Waals surface area contributed by atoms with E-state index in [1.807, 2.05) is 6.07 Å². The number of methoxy groups -OCH3 is 1. The average molecular weight is 207 g/mol. The van der Waals surface area contributed by atoms with Gasteiger partial charge in [0, 0.05) is 25.5 Å². The zero-order chi connectivity index (χ0) is 10.5. The van der Waals surface area contributed by atoms with Crippen LogP contribution in [0.3, 0.4) is 0 Å². The van der Waals surface area contributed by atoms with E-state index in [1.54, 1.807) is 19.5 Å². The van der Waals surface area contributed by atoms with Crippen molar-refractivity contribution in [2.24, 2.45) is 0 Å². The lowest BCUT2D eigenvalue weighted by molar-refractivity contribution is 0.0668. The topological polar surface area (TPSA) is 47.0 Å². The Balaban J connectivity index is 1.89. The van der Waals surface area contributed by atoms with Crippen LogP contribution < -0.4 is 5.32 Å². The van der Waals surface area contributed by atoms with E-state index in [2.05, 4.69) is 15.3 Å². The van der Waals surface area contributed by atoms with Crippen LogP contribution in [0.2, 0.25) is 0 Å². The van der Waals surface area contributed by atoms with Gasteiger partial charge >= 0.3 is 0 Å². The first-order valence-electron chi connectivity index (χ1n) is 5.45. The monoisotopic (exact) mass is 207 g/mol. The lowest BCUT2D eigenvalue weighted by Crippen LogP contribution is -2.31. The van der Waals surface area contributed by atoms with Gasteiger partial charge in [-0.15, -0.1) is 0 Å². The zero-order valence-electron chi connectivity index (χ0n) is 9.02. The van der Waals surface area contributed by atoms with Crippen molar-refractivity contribution in [1.82, 2.24) is 9.97 Å². The number of anilines is 1. The second-order valence-electron chi connectivity index (χ2n) is 3.94. The van der Waals surface area contributed by atoms with Gasteiger partial charge in [0.25, 0.3) is 0 Å². The largest absolute Gasteiger partial charge is 0.381 e. The molecule has 0 radical (unpaired) electrons. The highest BCUT2D eigenvalue weighted by Crippen LogP contribution is 2.22. The number of ether oxygens (including phenoxy) is 1. The van der Waals surface area contributed by atoms with Crippen LogP contribution in [-0.4, -0.2) is 29.2 Å². The molecule has 1 aromatic rings. The van der Waals surface area contributed by atoms with Crippen LogP contribution in [0.25, 0.3) is 0 Å². The molecule has 0 spiro atoms. The van der Waals surface area contributed by atoms with Gasteiger partial charge in [0.15, 0.2) is 0 Å². The Hall–Kier alpha value is -1.16. The van der Waals surface area contributed by atoms with Crippen molar-refractivity contribution in [2.45, 2.75) is 37.8 Å². The third-order valence-corrected chi connectivity index (χ3v) is 2.86. The van der Waals surface area contributed by atoms with Crippen molar-refractivity contribution in [3.8, 4) is 0 Å². The molecule has 2 rings (SSSR count). The first kappa shape index (κ1) is 10.4. The van der Waals surface area contributed by atoms with Crippen molar-refractivity contribution in [3.63, 3.8) is 0 Å². The summed E-state index contributed by atoms with van der Waals surface area (Å²) in [5.74, 6) is 0.722. The minimum Gasteiger partial charge on any atom is -0.381 e. The van der Waals surface area contributed by atoms with E-state index in [0.29, 0.717) is 12.1 Å². The van der Waals surface area contributed by atoms with Crippen LogP contribution in [0.4, 0.5) is 5.95 Å². The molecule has 2 unspecified atom stereocenters. The van der Waals surface area contributed by atoms with Crippen LogP contribution in [0.1, 0.15) is 25.7 Å². The highest BCUT2D eigenvalue weighted by molar-refractivity contribution is 5.24. The van der Waals surface area contributed by atoms with E-state index in [1.165, 1.54) is 19.3 Å². The van der Waals surface area contributed by atoms with Crippen LogP contribution in [0, 0.1) is 0 Å². The van der Waals surface area contributed by atoms with Gasteiger partial charge in [0.05, 0.1) is 6.10 Å². The first-order valence-corrected chi connectivity index (χ1v) is 5.45. The maximum atomic E-state index is 5.38. The van der Waals surface area contributed by atoms with Crippen molar-refractivity contribution >= 4 is 5.95 Å². The van der Waals surface area contributed by atoms with Crippen molar-refractivity contribution < 1.29 is 4.74 Å². The lowest BCUT2D eigenvalue weighted by atomic mass is 9.93. The molecule has 0 bridgehead atoms. The molecule has 1 fully saturated rings. The molecule has 1 heterocycles. The third-order valence-electron chi connectivity index (χ3n) is 2.86. The van der Waals surface area contributed by atoms with Crippen LogP contribution >= 0.6 is 0 Å². The Morgan fingerprint density at radius 3 is 2.87 bits per heavy atom. The standard InChI is InChI=1S/C11H17N3O/c1-15-10-5-2-4-9(8-10)14-11-12-6-3-7-13-11/h3,6-7,9-10H,2,4-5,8H2,1H3,(H,12,13,14). The van der Waals surface area contributed by atoms with Gasteiger partial charge in [-0.3, -0.25) is 0 Å². The second kappa shape index (κ2) is 5.07. The zero-order valence-corrected chi connectivity index (χ0v) is 9.02. The van der Waals surface area contributed by atoms with Gasteiger partial charge in [-0.2, -0.15) is 0 Å². The summed E-state index contributed by atoms with van der Waals surface area (Å²) in [6, 6.07) is 2.27. The molecule has 0 aromatic carbocycles. The van der Waals surface area contributed by atoms with Crippen molar-refractivity contribution in [1.29, 1.82) is 0 Å². The number of rotatable bonds is 3. The molecule has 1 aliphatic carbocycles. The average Bonchev–Trinajstić information content (AvgIpc) is 2.31. The summed E-state index contributed by atoms with van der Waals surface area (Å²) in [6.45, 7) is 0. The number of nitrogens with zero attached hydrogens (tertiary/aromatic N) is 2. The fourth-order valence-corrected chi connectivity index (χ4v) is 2.05. The molecule has 15 heavy (non-hydrogen) atoms. The summed E-state index contributed by atoms with van der Waals surface area (Å²) in [5.41, 5.74) is 0. The second-order valence-corrected chi connectivity index (χ2v) is 3.94. The Bertz CT molecular complexity index is 291. The van der Waals surface area contributed by atoms with E-state index in [4.69, 9.17) is 4.74 Å². The molecule has 1 aliphatic rings. The van der Waals surface area contributed by atoms with Crippen LogP contribution in [0.15, 0.2) is 18.5 Å². The summed E-state index contributed by atoms with van der Waals surface area (Å²) in [7, 11) is 1.78. The van der Waals surface area contributed by atoms with E-state index < -0.39 is 0 Å². The molecular weight excluding hydrogens is 190 g/mol.